The van der Waals surface area contributed by atoms with Crippen LogP contribution in [0.1, 0.15) is 6.42 Å². The van der Waals surface area contributed by atoms with Crippen molar-refractivity contribution < 1.29 is 4.74 Å². The van der Waals surface area contributed by atoms with Crippen molar-refractivity contribution in [2.45, 2.75) is 6.42 Å². The van der Waals surface area contributed by atoms with Gasteiger partial charge in [0.1, 0.15) is 0 Å². The number of methoxy groups -OCH3 is 1. The fourth-order valence-electron chi connectivity index (χ4n) is 2.98. The Hall–Kier alpha value is -1.87. The van der Waals surface area contributed by atoms with Gasteiger partial charge in [-0.2, -0.15) is 4.98 Å². The van der Waals surface area contributed by atoms with Crippen molar-refractivity contribution in [2.24, 2.45) is 5.92 Å². The minimum absolute atomic E-state index is 0.340. The number of rotatable bonds is 6. The largest absolute Gasteiger partial charge is 0.491 e. The zero-order chi connectivity index (χ0) is 20.1. The van der Waals surface area contributed by atoms with Crippen LogP contribution in [-0.4, -0.2) is 53.8 Å². The topological polar surface area (TPSA) is 74.3 Å². The van der Waals surface area contributed by atoms with Gasteiger partial charge in [0.25, 0.3) is 0 Å². The molecule has 1 aromatic carbocycles. The summed E-state index contributed by atoms with van der Waals surface area (Å²) in [5.41, 5.74) is 0.712. The minimum Gasteiger partial charge on any atom is -0.491 e. The molecular weight excluding hydrogens is 419 g/mol. The van der Waals surface area contributed by atoms with Crippen molar-refractivity contribution >= 4 is 58.0 Å². The molecule has 1 aliphatic heterocycles. The van der Waals surface area contributed by atoms with Gasteiger partial charge in [0.05, 0.1) is 23.4 Å². The van der Waals surface area contributed by atoms with Gasteiger partial charge < -0.3 is 25.6 Å². The van der Waals surface area contributed by atoms with E-state index in [-0.39, 0.29) is 0 Å². The number of hydrogen-bond donors (Lipinski definition) is 3. The molecule has 28 heavy (non-hydrogen) atoms. The lowest BCUT2D eigenvalue weighted by atomic mass is 10.1. The van der Waals surface area contributed by atoms with Crippen LogP contribution in [0.5, 0.6) is 5.75 Å². The smallest absolute Gasteiger partial charge is 0.231 e. The maximum atomic E-state index is 6.02. The normalized spacial score (nSPS) is 16.6. The highest BCUT2D eigenvalue weighted by molar-refractivity contribution is 7.80. The van der Waals surface area contributed by atoms with Crippen LogP contribution >= 0.6 is 35.4 Å². The summed E-state index contributed by atoms with van der Waals surface area (Å²) >= 11 is 17.3. The lowest BCUT2D eigenvalue weighted by Crippen LogP contribution is -2.22. The number of ether oxygens (including phenoxy) is 1. The molecule has 7 nitrogen and oxygen atoms in total. The van der Waals surface area contributed by atoms with Crippen molar-refractivity contribution in [3.8, 4) is 5.75 Å². The second-order valence-electron chi connectivity index (χ2n) is 6.62. The molecule has 2 aromatic rings. The molecule has 1 atom stereocenters. The van der Waals surface area contributed by atoms with E-state index in [9.17, 15) is 0 Å². The van der Waals surface area contributed by atoms with Crippen LogP contribution in [0.15, 0.2) is 24.4 Å². The lowest BCUT2D eigenvalue weighted by Gasteiger charge is -2.15. The highest BCUT2D eigenvalue weighted by Crippen LogP contribution is 2.26. The number of thiocarbonyl (C=S) groups is 1. The number of anilines is 3. The van der Waals surface area contributed by atoms with Crippen LogP contribution in [0.3, 0.4) is 0 Å². The van der Waals surface area contributed by atoms with Crippen LogP contribution in [-0.2, 0) is 0 Å². The van der Waals surface area contributed by atoms with E-state index in [1.165, 1.54) is 6.42 Å². The molecule has 150 valence electrons. The lowest BCUT2D eigenvalue weighted by molar-refractivity contribution is 0.398. The summed E-state index contributed by atoms with van der Waals surface area (Å²) in [6.45, 7) is 3.01. The molecule has 3 N–H and O–H groups in total. The summed E-state index contributed by atoms with van der Waals surface area (Å²) in [5, 5.41) is 10.6. The summed E-state index contributed by atoms with van der Waals surface area (Å²) in [5.74, 6) is 2.16. The summed E-state index contributed by atoms with van der Waals surface area (Å²) in [6, 6.07) is 5.17. The Morgan fingerprint density at radius 3 is 2.82 bits per heavy atom. The van der Waals surface area contributed by atoms with Crippen LogP contribution < -0.4 is 20.7 Å². The summed E-state index contributed by atoms with van der Waals surface area (Å²) in [6.07, 6.45) is 2.78. The Bertz CT molecular complexity index is 853. The summed E-state index contributed by atoms with van der Waals surface area (Å²) in [4.78, 5) is 11.1. The van der Waals surface area contributed by atoms with Gasteiger partial charge in [-0.1, -0.05) is 23.2 Å². The first-order valence-electron chi connectivity index (χ1n) is 8.81. The molecule has 1 aliphatic rings. The first-order valence-corrected chi connectivity index (χ1v) is 9.97. The van der Waals surface area contributed by atoms with Crippen molar-refractivity contribution in [1.82, 2.24) is 14.9 Å². The van der Waals surface area contributed by atoms with Gasteiger partial charge in [-0.25, -0.2) is 4.98 Å². The molecule has 0 aliphatic carbocycles. The molecule has 1 saturated heterocycles. The Labute approximate surface area is 179 Å². The first-order chi connectivity index (χ1) is 13.4. The maximum absolute atomic E-state index is 6.02. The molecule has 2 heterocycles. The average molecular weight is 441 g/mol. The Kier molecular flexibility index (Phi) is 7.12. The first kappa shape index (κ1) is 20.9. The van der Waals surface area contributed by atoms with Crippen LogP contribution in [0, 0.1) is 5.92 Å². The van der Waals surface area contributed by atoms with E-state index in [2.05, 4.69) is 37.9 Å². The quantitative estimate of drug-likeness (QED) is 0.582. The van der Waals surface area contributed by atoms with E-state index in [0.29, 0.717) is 44.3 Å². The summed E-state index contributed by atoms with van der Waals surface area (Å²) < 4.78 is 5.36. The minimum atomic E-state index is 0.340. The van der Waals surface area contributed by atoms with Gasteiger partial charge in [-0.3, -0.25) is 0 Å². The highest BCUT2D eigenvalue weighted by Gasteiger charge is 2.20. The standard InChI is InChI=1S/C18H22Cl2N6OS/c1-26-6-5-11(10-26)8-21-16-15(27-2)9-22-17(24-16)25-18(28)23-12-3-4-13(19)14(20)7-12/h3-4,7,9,11H,5-6,8,10H2,1-2H3,(H3,21,22,23,24,25,28). The van der Waals surface area contributed by atoms with Gasteiger partial charge in [-0.05, 0) is 56.3 Å². The number of likely N-dealkylation sites (tertiary alicyclic amines) is 1. The molecule has 1 fully saturated rings. The molecule has 10 heteroatoms. The zero-order valence-electron chi connectivity index (χ0n) is 15.6. The van der Waals surface area contributed by atoms with Gasteiger partial charge >= 0.3 is 0 Å². The van der Waals surface area contributed by atoms with E-state index < -0.39 is 0 Å². The summed E-state index contributed by atoms with van der Waals surface area (Å²) in [7, 11) is 3.73. The fourth-order valence-corrected chi connectivity index (χ4v) is 3.49. The molecular formula is C18H22Cl2N6OS. The number of benzene rings is 1. The zero-order valence-corrected chi connectivity index (χ0v) is 18.0. The number of hydrogen-bond acceptors (Lipinski definition) is 6. The second kappa shape index (κ2) is 9.56. The Morgan fingerprint density at radius 2 is 2.14 bits per heavy atom. The number of halogens is 2. The monoisotopic (exact) mass is 440 g/mol. The molecule has 3 rings (SSSR count). The van der Waals surface area contributed by atoms with Gasteiger partial charge in [0.2, 0.25) is 5.95 Å². The third-order valence-electron chi connectivity index (χ3n) is 4.43. The van der Waals surface area contributed by atoms with Gasteiger partial charge in [0.15, 0.2) is 16.7 Å². The molecule has 0 saturated carbocycles. The molecule has 0 radical (unpaired) electrons. The second-order valence-corrected chi connectivity index (χ2v) is 7.84. The predicted octanol–water partition coefficient (Wildman–Crippen LogP) is 3.96. The number of nitrogens with zero attached hydrogens (tertiary/aromatic N) is 3. The maximum Gasteiger partial charge on any atom is 0.231 e. The molecule has 0 bridgehead atoms. The van der Waals surface area contributed by atoms with Crippen molar-refractivity contribution in [3.05, 3.63) is 34.4 Å². The van der Waals surface area contributed by atoms with Crippen molar-refractivity contribution in [2.75, 3.05) is 49.7 Å². The van der Waals surface area contributed by atoms with E-state index >= 15 is 0 Å². The third kappa shape index (κ3) is 5.57. The van der Waals surface area contributed by atoms with Crippen molar-refractivity contribution in [3.63, 3.8) is 0 Å². The molecule has 0 spiro atoms. The molecule has 1 aromatic heterocycles. The van der Waals surface area contributed by atoms with E-state index in [4.69, 9.17) is 40.2 Å². The predicted molar refractivity (Wildman–Crippen MR) is 119 cm³/mol. The van der Waals surface area contributed by atoms with Crippen molar-refractivity contribution in [1.29, 1.82) is 0 Å². The third-order valence-corrected chi connectivity index (χ3v) is 5.37. The number of nitrogens with one attached hydrogen (secondary N) is 3. The van der Waals surface area contributed by atoms with E-state index in [0.717, 1.165) is 19.6 Å². The van der Waals surface area contributed by atoms with Gasteiger partial charge in [0, 0.05) is 18.8 Å². The highest BCUT2D eigenvalue weighted by atomic mass is 35.5. The van der Waals surface area contributed by atoms with Crippen LogP contribution in [0.4, 0.5) is 17.5 Å². The Morgan fingerprint density at radius 1 is 1.32 bits per heavy atom. The van der Waals surface area contributed by atoms with E-state index in [1.807, 2.05) is 0 Å². The molecule has 0 amide bonds. The Balaban J connectivity index is 1.62. The SMILES string of the molecule is COc1cnc(NC(=S)Nc2ccc(Cl)c(Cl)c2)nc1NCC1CCN(C)C1. The fraction of sp³-hybridized carbons (Fsp3) is 0.389. The van der Waals surface area contributed by atoms with Gasteiger partial charge in [-0.15, -0.1) is 0 Å². The molecule has 1 unspecified atom stereocenters. The van der Waals surface area contributed by atoms with E-state index in [1.54, 1.807) is 31.5 Å². The van der Waals surface area contributed by atoms with Crippen LogP contribution in [0.2, 0.25) is 10.0 Å². The van der Waals surface area contributed by atoms with Crippen LogP contribution in [0.25, 0.3) is 0 Å². The average Bonchev–Trinajstić information content (AvgIpc) is 3.08. The number of aromatic nitrogens is 2.